The van der Waals surface area contributed by atoms with Crippen molar-refractivity contribution in [2.75, 3.05) is 26.7 Å². The minimum absolute atomic E-state index is 0. The number of likely N-dealkylation sites (tertiary alicyclic amines) is 1. The summed E-state index contributed by atoms with van der Waals surface area (Å²) < 4.78 is 5.45. The molecule has 1 fully saturated rings. The first-order valence-electron chi connectivity index (χ1n) is 9.23. The van der Waals surface area contributed by atoms with Gasteiger partial charge in [-0.15, -0.1) is 12.4 Å². The average molecular weight is 385 g/mol. The average Bonchev–Trinajstić information content (AvgIpc) is 2.67. The van der Waals surface area contributed by atoms with Gasteiger partial charge in [-0.05, 0) is 47.8 Å². The summed E-state index contributed by atoms with van der Waals surface area (Å²) in [6.45, 7) is 3.02. The summed E-state index contributed by atoms with van der Waals surface area (Å²) in [5, 5.41) is 0. The summed E-state index contributed by atoms with van der Waals surface area (Å²) in [7, 11) is 1.84. The van der Waals surface area contributed by atoms with Crippen LogP contribution in [-0.4, -0.2) is 48.6 Å². The lowest BCUT2D eigenvalue weighted by molar-refractivity contribution is 0.114. The Kier molecular flexibility index (Phi) is 6.19. The Hall–Kier alpha value is -2.30. The van der Waals surface area contributed by atoms with Crippen LogP contribution in [0.3, 0.4) is 0 Å². The Morgan fingerprint density at radius 2 is 1.74 bits per heavy atom. The molecule has 27 heavy (non-hydrogen) atoms. The summed E-state index contributed by atoms with van der Waals surface area (Å²) in [5.41, 5.74) is 4.16. The molecule has 4 nitrogen and oxygen atoms in total. The number of para-hydroxylation sites is 1. The van der Waals surface area contributed by atoms with Crippen molar-refractivity contribution in [1.82, 2.24) is 9.80 Å². The van der Waals surface area contributed by atoms with E-state index in [0.717, 1.165) is 32.5 Å². The van der Waals surface area contributed by atoms with Crippen LogP contribution in [0, 0.1) is 0 Å². The predicted octanol–water partition coefficient (Wildman–Crippen LogP) is 4.56. The van der Waals surface area contributed by atoms with E-state index < -0.39 is 0 Å². The third kappa shape index (κ3) is 4.34. The molecule has 0 radical (unpaired) electrons. The van der Waals surface area contributed by atoms with E-state index in [-0.39, 0.29) is 24.5 Å². The van der Waals surface area contributed by atoms with E-state index in [4.69, 9.17) is 4.74 Å². The lowest BCUT2D eigenvalue weighted by Crippen LogP contribution is -2.46. The number of nitrogens with zero attached hydrogens (tertiary/aromatic N) is 2. The SMILES string of the molecule is CN(C(=O)Oc1ccccc1)C1CCN(CC2=Cc3ccccc32)CC1.Cl. The summed E-state index contributed by atoms with van der Waals surface area (Å²) in [6.07, 6.45) is 3.97. The van der Waals surface area contributed by atoms with E-state index in [2.05, 4.69) is 35.2 Å². The summed E-state index contributed by atoms with van der Waals surface area (Å²) in [4.78, 5) is 16.6. The van der Waals surface area contributed by atoms with E-state index in [1.165, 1.54) is 16.7 Å². The second-order valence-electron chi connectivity index (χ2n) is 7.06. The molecule has 2 aliphatic rings. The zero-order chi connectivity index (χ0) is 17.9. The molecule has 142 valence electrons. The number of amides is 1. The molecule has 1 saturated heterocycles. The van der Waals surface area contributed by atoms with Gasteiger partial charge in [-0.2, -0.15) is 0 Å². The first-order valence-corrected chi connectivity index (χ1v) is 9.23. The standard InChI is InChI=1S/C22H24N2O2.ClH/c1-23(22(25)26-20-8-3-2-4-9-20)19-11-13-24(14-12-19)16-18-15-17-7-5-6-10-21(17)18;/h2-10,15,19H,11-14,16H2,1H3;1H. The minimum Gasteiger partial charge on any atom is -0.410 e. The van der Waals surface area contributed by atoms with Gasteiger partial charge in [-0.25, -0.2) is 4.79 Å². The monoisotopic (exact) mass is 384 g/mol. The molecule has 5 heteroatoms. The maximum Gasteiger partial charge on any atom is 0.415 e. The highest BCUT2D eigenvalue weighted by Crippen LogP contribution is 2.33. The molecule has 2 aromatic carbocycles. The van der Waals surface area contributed by atoms with Crippen molar-refractivity contribution in [3.05, 3.63) is 65.7 Å². The van der Waals surface area contributed by atoms with Crippen molar-refractivity contribution in [2.24, 2.45) is 0 Å². The van der Waals surface area contributed by atoms with Crippen molar-refractivity contribution in [3.63, 3.8) is 0 Å². The molecule has 0 atom stereocenters. The number of halogens is 1. The zero-order valence-electron chi connectivity index (χ0n) is 15.5. The van der Waals surface area contributed by atoms with Gasteiger partial charge in [-0.3, -0.25) is 4.90 Å². The molecule has 0 spiro atoms. The van der Waals surface area contributed by atoms with Crippen molar-refractivity contribution >= 4 is 30.1 Å². The molecule has 0 N–H and O–H groups in total. The van der Waals surface area contributed by atoms with E-state index in [9.17, 15) is 4.79 Å². The first kappa shape index (κ1) is 19.5. The molecule has 0 unspecified atom stereocenters. The van der Waals surface area contributed by atoms with Crippen molar-refractivity contribution in [1.29, 1.82) is 0 Å². The van der Waals surface area contributed by atoms with Crippen molar-refractivity contribution in [2.45, 2.75) is 18.9 Å². The summed E-state index contributed by atoms with van der Waals surface area (Å²) in [5.74, 6) is 0.595. The van der Waals surface area contributed by atoms with Crippen LogP contribution < -0.4 is 4.74 Å². The Morgan fingerprint density at radius 1 is 1.07 bits per heavy atom. The predicted molar refractivity (Wildman–Crippen MR) is 111 cm³/mol. The molecular formula is C22H25ClN2O2. The van der Waals surface area contributed by atoms with Crippen LogP contribution in [-0.2, 0) is 0 Å². The van der Waals surface area contributed by atoms with Crippen LogP contribution in [0.1, 0.15) is 24.0 Å². The molecular weight excluding hydrogens is 360 g/mol. The van der Waals surface area contributed by atoms with Gasteiger partial charge in [-0.1, -0.05) is 42.5 Å². The number of benzene rings is 2. The van der Waals surface area contributed by atoms with Crippen LogP contribution in [0.4, 0.5) is 4.79 Å². The van der Waals surface area contributed by atoms with Gasteiger partial charge in [0, 0.05) is 32.7 Å². The highest BCUT2D eigenvalue weighted by molar-refractivity contribution is 5.96. The minimum atomic E-state index is -0.273. The summed E-state index contributed by atoms with van der Waals surface area (Å²) in [6, 6.07) is 18.0. The molecule has 1 amide bonds. The maximum atomic E-state index is 12.3. The Morgan fingerprint density at radius 3 is 2.44 bits per heavy atom. The molecule has 0 saturated carbocycles. The van der Waals surface area contributed by atoms with E-state index in [1.807, 2.05) is 25.2 Å². The smallest absolute Gasteiger partial charge is 0.410 e. The lowest BCUT2D eigenvalue weighted by atomic mass is 9.88. The number of ether oxygens (including phenoxy) is 1. The zero-order valence-corrected chi connectivity index (χ0v) is 16.3. The third-order valence-electron chi connectivity index (χ3n) is 5.37. The molecule has 1 heterocycles. The molecule has 1 aliphatic heterocycles. The van der Waals surface area contributed by atoms with Crippen LogP contribution in [0.15, 0.2) is 54.6 Å². The van der Waals surface area contributed by atoms with Gasteiger partial charge in [0.15, 0.2) is 0 Å². The van der Waals surface area contributed by atoms with Gasteiger partial charge in [0.1, 0.15) is 5.75 Å². The van der Waals surface area contributed by atoms with Crippen LogP contribution in [0.25, 0.3) is 11.6 Å². The van der Waals surface area contributed by atoms with Gasteiger partial charge in [0.25, 0.3) is 0 Å². The third-order valence-corrected chi connectivity index (χ3v) is 5.37. The van der Waals surface area contributed by atoms with E-state index in [0.29, 0.717) is 5.75 Å². The fourth-order valence-corrected chi connectivity index (χ4v) is 3.75. The second-order valence-corrected chi connectivity index (χ2v) is 7.06. The Balaban J connectivity index is 0.00000210. The van der Waals surface area contributed by atoms with Gasteiger partial charge >= 0.3 is 6.09 Å². The lowest BCUT2D eigenvalue weighted by Gasteiger charge is -2.37. The summed E-state index contributed by atoms with van der Waals surface area (Å²) >= 11 is 0. The largest absolute Gasteiger partial charge is 0.415 e. The molecule has 1 aliphatic carbocycles. The first-order chi connectivity index (χ1) is 12.7. The van der Waals surface area contributed by atoms with Gasteiger partial charge < -0.3 is 9.64 Å². The second kappa shape index (κ2) is 8.59. The van der Waals surface area contributed by atoms with Gasteiger partial charge in [0.2, 0.25) is 0 Å². The fourth-order valence-electron chi connectivity index (χ4n) is 3.75. The molecule has 0 bridgehead atoms. The number of fused-ring (bicyclic) bond motifs is 1. The molecule has 2 aromatic rings. The number of carbonyl (C=O) groups excluding carboxylic acids is 1. The highest BCUT2D eigenvalue weighted by atomic mass is 35.5. The Bertz CT molecular complexity index is 814. The number of hydrogen-bond acceptors (Lipinski definition) is 3. The molecule has 4 rings (SSSR count). The van der Waals surface area contributed by atoms with Crippen LogP contribution >= 0.6 is 12.4 Å². The number of piperidine rings is 1. The molecule has 0 aromatic heterocycles. The normalized spacial score (nSPS) is 16.4. The van der Waals surface area contributed by atoms with Crippen LogP contribution in [0.2, 0.25) is 0 Å². The van der Waals surface area contributed by atoms with Crippen molar-refractivity contribution in [3.8, 4) is 5.75 Å². The highest BCUT2D eigenvalue weighted by Gasteiger charge is 2.27. The topological polar surface area (TPSA) is 32.8 Å². The van der Waals surface area contributed by atoms with Gasteiger partial charge in [0.05, 0.1) is 0 Å². The number of carbonyl (C=O) groups is 1. The fraction of sp³-hybridized carbons (Fsp3) is 0.318. The van der Waals surface area contributed by atoms with Crippen LogP contribution in [0.5, 0.6) is 5.75 Å². The number of hydrogen-bond donors (Lipinski definition) is 0. The van der Waals surface area contributed by atoms with E-state index in [1.54, 1.807) is 17.0 Å². The Labute approximate surface area is 166 Å². The quantitative estimate of drug-likeness (QED) is 0.774. The van der Waals surface area contributed by atoms with E-state index >= 15 is 0 Å². The number of rotatable bonds is 4. The maximum absolute atomic E-state index is 12.3. The van der Waals surface area contributed by atoms with Crippen molar-refractivity contribution < 1.29 is 9.53 Å².